The molecule has 0 radical (unpaired) electrons. The summed E-state index contributed by atoms with van der Waals surface area (Å²) in [6.45, 7) is 0.210. The molecular weight excluding hydrogens is 415 g/mol. The van der Waals surface area contributed by atoms with Gasteiger partial charge in [-0.1, -0.05) is 34.1 Å². The van der Waals surface area contributed by atoms with Gasteiger partial charge in [0.1, 0.15) is 5.75 Å². The Morgan fingerprint density at radius 3 is 2.48 bits per heavy atom. The molecule has 0 amide bonds. The third-order valence-corrected chi connectivity index (χ3v) is 3.78. The number of anilines is 1. The van der Waals surface area contributed by atoms with E-state index < -0.39 is 6.36 Å². The highest BCUT2D eigenvalue weighted by Crippen LogP contribution is 2.29. The highest BCUT2D eigenvalue weighted by Gasteiger charge is 2.31. The molecule has 0 aliphatic heterocycles. The summed E-state index contributed by atoms with van der Waals surface area (Å²) in [5, 5.41) is 3.07. The zero-order chi connectivity index (χ0) is 15.5. The number of nitrogens with one attached hydrogen (secondary N) is 1. The summed E-state index contributed by atoms with van der Waals surface area (Å²) in [6.07, 6.45) is -4.70. The minimum absolute atomic E-state index is 0.205. The quantitative estimate of drug-likeness (QED) is 0.677. The number of alkyl halides is 3. The molecule has 1 N–H and O–H groups in total. The van der Waals surface area contributed by atoms with E-state index in [9.17, 15) is 13.2 Å². The standard InChI is InChI=1S/C14H10Br2F3NO/c15-10-5-6-11(16)12(7-10)20-8-9-3-1-2-4-13(9)21-14(17,18)19/h1-7,20H,8H2. The van der Waals surface area contributed by atoms with Crippen molar-refractivity contribution in [2.45, 2.75) is 12.9 Å². The summed E-state index contributed by atoms with van der Waals surface area (Å²) in [5.74, 6) is -0.205. The second-order valence-electron chi connectivity index (χ2n) is 4.13. The topological polar surface area (TPSA) is 21.3 Å². The Balaban J connectivity index is 2.15. The van der Waals surface area contributed by atoms with Gasteiger partial charge in [0, 0.05) is 26.7 Å². The molecule has 0 saturated heterocycles. The van der Waals surface area contributed by atoms with E-state index in [4.69, 9.17) is 0 Å². The minimum Gasteiger partial charge on any atom is -0.405 e. The van der Waals surface area contributed by atoms with Crippen molar-refractivity contribution in [3.8, 4) is 5.75 Å². The van der Waals surface area contributed by atoms with Crippen LogP contribution in [0.5, 0.6) is 5.75 Å². The second kappa shape index (κ2) is 6.70. The summed E-state index contributed by atoms with van der Waals surface area (Å²) in [7, 11) is 0. The fourth-order valence-corrected chi connectivity index (χ4v) is 2.45. The number of hydrogen-bond acceptors (Lipinski definition) is 2. The Kier molecular flexibility index (Phi) is 5.16. The van der Waals surface area contributed by atoms with Crippen molar-refractivity contribution in [2.75, 3.05) is 5.32 Å². The molecule has 0 aromatic heterocycles. The average molecular weight is 425 g/mol. The predicted octanol–water partition coefficient (Wildman–Crippen LogP) is 5.72. The van der Waals surface area contributed by atoms with E-state index >= 15 is 0 Å². The molecule has 7 heteroatoms. The third kappa shape index (κ3) is 4.93. The number of rotatable bonds is 4. The molecule has 0 atom stereocenters. The van der Waals surface area contributed by atoms with Crippen molar-refractivity contribution in [1.29, 1.82) is 0 Å². The largest absolute Gasteiger partial charge is 0.573 e. The van der Waals surface area contributed by atoms with Gasteiger partial charge in [-0.2, -0.15) is 0 Å². The zero-order valence-corrected chi connectivity index (χ0v) is 13.7. The molecule has 0 unspecified atom stereocenters. The van der Waals surface area contributed by atoms with E-state index in [-0.39, 0.29) is 12.3 Å². The molecule has 0 spiro atoms. The Morgan fingerprint density at radius 1 is 1.05 bits per heavy atom. The van der Waals surface area contributed by atoms with E-state index in [1.54, 1.807) is 12.1 Å². The van der Waals surface area contributed by atoms with Crippen molar-refractivity contribution in [3.05, 3.63) is 57.0 Å². The summed E-state index contributed by atoms with van der Waals surface area (Å²) in [6, 6.07) is 11.6. The molecule has 0 bridgehead atoms. The van der Waals surface area contributed by atoms with Crippen molar-refractivity contribution in [3.63, 3.8) is 0 Å². The van der Waals surface area contributed by atoms with Crippen LogP contribution in [0.1, 0.15) is 5.56 Å². The van der Waals surface area contributed by atoms with Gasteiger partial charge in [0.05, 0.1) is 0 Å². The first-order chi connectivity index (χ1) is 9.85. The predicted molar refractivity (Wildman–Crippen MR) is 82.3 cm³/mol. The first-order valence-corrected chi connectivity index (χ1v) is 7.46. The lowest BCUT2D eigenvalue weighted by Gasteiger charge is -2.14. The van der Waals surface area contributed by atoms with Crippen LogP contribution in [-0.4, -0.2) is 6.36 Å². The van der Waals surface area contributed by atoms with E-state index in [1.807, 2.05) is 18.2 Å². The number of halogens is 5. The Hall–Kier alpha value is -1.21. The molecule has 2 aromatic carbocycles. The maximum Gasteiger partial charge on any atom is 0.573 e. The lowest BCUT2D eigenvalue weighted by molar-refractivity contribution is -0.274. The maximum atomic E-state index is 12.3. The first kappa shape index (κ1) is 16.2. The smallest absolute Gasteiger partial charge is 0.405 e. The van der Waals surface area contributed by atoms with Crippen LogP contribution in [0.3, 0.4) is 0 Å². The summed E-state index contributed by atoms with van der Waals surface area (Å²) < 4.78 is 42.7. The van der Waals surface area contributed by atoms with Crippen LogP contribution in [0.4, 0.5) is 18.9 Å². The highest BCUT2D eigenvalue weighted by molar-refractivity contribution is 9.11. The highest BCUT2D eigenvalue weighted by atomic mass is 79.9. The molecule has 0 fully saturated rings. The van der Waals surface area contributed by atoms with E-state index in [2.05, 4.69) is 41.9 Å². The van der Waals surface area contributed by atoms with Crippen LogP contribution in [-0.2, 0) is 6.54 Å². The van der Waals surface area contributed by atoms with Crippen molar-refractivity contribution in [2.24, 2.45) is 0 Å². The van der Waals surface area contributed by atoms with E-state index in [0.717, 1.165) is 14.6 Å². The number of para-hydroxylation sites is 1. The molecule has 0 heterocycles. The van der Waals surface area contributed by atoms with Gasteiger partial charge in [0.25, 0.3) is 0 Å². The van der Waals surface area contributed by atoms with Crippen molar-refractivity contribution in [1.82, 2.24) is 0 Å². The Morgan fingerprint density at radius 2 is 1.76 bits per heavy atom. The molecule has 112 valence electrons. The van der Waals surface area contributed by atoms with Gasteiger partial charge >= 0.3 is 6.36 Å². The summed E-state index contributed by atoms with van der Waals surface area (Å²) in [4.78, 5) is 0. The molecule has 2 rings (SSSR count). The van der Waals surface area contributed by atoms with Crippen LogP contribution in [0.25, 0.3) is 0 Å². The molecule has 0 aliphatic rings. The van der Waals surface area contributed by atoms with Crippen molar-refractivity contribution < 1.29 is 17.9 Å². The monoisotopic (exact) mass is 423 g/mol. The second-order valence-corrected chi connectivity index (χ2v) is 5.90. The Bertz CT molecular complexity index is 632. The number of benzene rings is 2. The minimum atomic E-state index is -4.70. The number of ether oxygens (including phenoxy) is 1. The maximum absolute atomic E-state index is 12.3. The van der Waals surface area contributed by atoms with Gasteiger partial charge in [0.2, 0.25) is 0 Å². The third-order valence-electron chi connectivity index (χ3n) is 2.60. The molecule has 2 aromatic rings. The van der Waals surface area contributed by atoms with Gasteiger partial charge in [-0.15, -0.1) is 13.2 Å². The molecular formula is C14H10Br2F3NO. The van der Waals surface area contributed by atoms with Gasteiger partial charge in [0.15, 0.2) is 0 Å². The lowest BCUT2D eigenvalue weighted by Crippen LogP contribution is -2.18. The van der Waals surface area contributed by atoms with E-state index in [0.29, 0.717) is 5.56 Å². The number of hydrogen-bond donors (Lipinski definition) is 1. The lowest BCUT2D eigenvalue weighted by atomic mass is 10.2. The van der Waals surface area contributed by atoms with Crippen LogP contribution in [0, 0.1) is 0 Å². The fraction of sp³-hybridized carbons (Fsp3) is 0.143. The van der Waals surface area contributed by atoms with Crippen molar-refractivity contribution >= 4 is 37.5 Å². The summed E-state index contributed by atoms with van der Waals surface area (Å²) in [5.41, 5.74) is 1.19. The molecule has 2 nitrogen and oxygen atoms in total. The normalized spacial score (nSPS) is 11.3. The van der Waals surface area contributed by atoms with Crippen LogP contribution in [0.2, 0.25) is 0 Å². The molecule has 21 heavy (non-hydrogen) atoms. The molecule has 0 saturated carbocycles. The van der Waals surface area contributed by atoms with Crippen LogP contribution < -0.4 is 10.1 Å². The van der Waals surface area contributed by atoms with Gasteiger partial charge in [-0.25, -0.2) is 0 Å². The fourth-order valence-electron chi connectivity index (χ4n) is 1.70. The van der Waals surface area contributed by atoms with Gasteiger partial charge in [-0.3, -0.25) is 0 Å². The molecule has 0 aliphatic carbocycles. The van der Waals surface area contributed by atoms with Crippen LogP contribution in [0.15, 0.2) is 51.4 Å². The van der Waals surface area contributed by atoms with Crippen LogP contribution >= 0.6 is 31.9 Å². The zero-order valence-electron chi connectivity index (χ0n) is 10.5. The van der Waals surface area contributed by atoms with Gasteiger partial charge in [-0.05, 0) is 40.2 Å². The first-order valence-electron chi connectivity index (χ1n) is 5.88. The summed E-state index contributed by atoms with van der Waals surface area (Å²) >= 11 is 6.72. The SMILES string of the molecule is FC(F)(F)Oc1ccccc1CNc1cc(Br)ccc1Br. The average Bonchev–Trinajstić information content (AvgIpc) is 2.39. The Labute approximate surface area is 136 Å². The van der Waals surface area contributed by atoms with Gasteiger partial charge < -0.3 is 10.1 Å². The van der Waals surface area contributed by atoms with E-state index in [1.165, 1.54) is 12.1 Å².